The zero-order valence-electron chi connectivity index (χ0n) is 7.45. The summed E-state index contributed by atoms with van der Waals surface area (Å²) < 4.78 is 5.28. The minimum Gasteiger partial charge on any atom is -0.481 e. The Labute approximate surface area is 76.5 Å². The topological polar surface area (TPSA) is 66.8 Å². The van der Waals surface area contributed by atoms with E-state index in [1.807, 2.05) is 0 Å². The SMILES string of the molecule is O=C(O)C1(CO)CC12CCCOC2. The van der Waals surface area contributed by atoms with Crippen LogP contribution in [0.5, 0.6) is 0 Å². The normalized spacial score (nSPS) is 43.5. The average molecular weight is 186 g/mol. The van der Waals surface area contributed by atoms with Crippen molar-refractivity contribution in [2.75, 3.05) is 19.8 Å². The Morgan fingerprint density at radius 1 is 1.54 bits per heavy atom. The van der Waals surface area contributed by atoms with Crippen LogP contribution in [0, 0.1) is 10.8 Å². The number of rotatable bonds is 2. The minimum atomic E-state index is -0.895. The van der Waals surface area contributed by atoms with Crippen molar-refractivity contribution in [1.82, 2.24) is 0 Å². The minimum absolute atomic E-state index is 0.258. The van der Waals surface area contributed by atoms with Crippen molar-refractivity contribution < 1.29 is 19.7 Å². The molecule has 2 unspecified atom stereocenters. The van der Waals surface area contributed by atoms with Crippen LogP contribution in [0.25, 0.3) is 0 Å². The first-order valence-corrected chi connectivity index (χ1v) is 4.59. The van der Waals surface area contributed by atoms with Crippen molar-refractivity contribution in [1.29, 1.82) is 0 Å². The molecule has 2 rings (SSSR count). The molecule has 13 heavy (non-hydrogen) atoms. The van der Waals surface area contributed by atoms with Gasteiger partial charge in [0.05, 0.1) is 18.6 Å². The highest BCUT2D eigenvalue weighted by Gasteiger charge is 2.72. The summed E-state index contributed by atoms with van der Waals surface area (Å²) in [6.07, 6.45) is 2.36. The Morgan fingerprint density at radius 2 is 2.31 bits per heavy atom. The fourth-order valence-electron chi connectivity index (χ4n) is 2.50. The summed E-state index contributed by atoms with van der Waals surface area (Å²) in [6, 6.07) is 0. The number of ether oxygens (including phenoxy) is 1. The molecule has 1 saturated heterocycles. The van der Waals surface area contributed by atoms with Gasteiger partial charge in [0.25, 0.3) is 0 Å². The quantitative estimate of drug-likeness (QED) is 0.648. The molecular formula is C9H14O4. The zero-order chi connectivity index (χ0) is 9.53. The van der Waals surface area contributed by atoms with Gasteiger partial charge >= 0.3 is 5.97 Å². The zero-order valence-corrected chi connectivity index (χ0v) is 7.45. The number of aliphatic hydroxyl groups is 1. The predicted octanol–water partition coefficient (Wildman–Crippen LogP) is 0.250. The van der Waals surface area contributed by atoms with Crippen molar-refractivity contribution in [3.05, 3.63) is 0 Å². The molecule has 0 bridgehead atoms. The number of carboxylic acid groups (broad SMARTS) is 1. The third kappa shape index (κ3) is 1.02. The van der Waals surface area contributed by atoms with Gasteiger partial charge in [0.1, 0.15) is 0 Å². The molecule has 0 aromatic rings. The van der Waals surface area contributed by atoms with E-state index in [1.165, 1.54) is 0 Å². The van der Waals surface area contributed by atoms with Crippen LogP contribution in [-0.2, 0) is 9.53 Å². The third-order valence-corrected chi connectivity index (χ3v) is 3.53. The summed E-state index contributed by atoms with van der Waals surface area (Å²) in [6.45, 7) is 0.967. The molecule has 2 aliphatic rings. The molecule has 0 aromatic heterocycles. The molecule has 1 aliphatic carbocycles. The van der Waals surface area contributed by atoms with Crippen LogP contribution in [0.15, 0.2) is 0 Å². The second-order valence-electron chi connectivity index (χ2n) is 4.16. The van der Waals surface area contributed by atoms with Gasteiger partial charge in [-0.15, -0.1) is 0 Å². The van der Waals surface area contributed by atoms with Crippen molar-refractivity contribution in [3.8, 4) is 0 Å². The first-order valence-electron chi connectivity index (χ1n) is 4.59. The molecule has 1 saturated carbocycles. The molecule has 4 nitrogen and oxygen atoms in total. The van der Waals surface area contributed by atoms with Gasteiger partial charge in [0.15, 0.2) is 0 Å². The summed E-state index contributed by atoms with van der Waals surface area (Å²) in [4.78, 5) is 11.0. The lowest BCUT2D eigenvalue weighted by Crippen LogP contribution is -2.32. The van der Waals surface area contributed by atoms with Gasteiger partial charge in [0, 0.05) is 12.0 Å². The fourth-order valence-corrected chi connectivity index (χ4v) is 2.50. The van der Waals surface area contributed by atoms with Gasteiger partial charge in [-0.05, 0) is 19.3 Å². The molecule has 1 spiro atoms. The third-order valence-electron chi connectivity index (χ3n) is 3.53. The molecule has 74 valence electrons. The maximum atomic E-state index is 11.0. The lowest BCUT2D eigenvalue weighted by molar-refractivity contribution is -0.148. The fraction of sp³-hybridized carbons (Fsp3) is 0.889. The highest BCUT2D eigenvalue weighted by molar-refractivity contribution is 5.80. The molecule has 2 fully saturated rings. The van der Waals surface area contributed by atoms with Crippen LogP contribution in [-0.4, -0.2) is 36.0 Å². The predicted molar refractivity (Wildman–Crippen MR) is 44.3 cm³/mol. The number of carboxylic acids is 1. The van der Waals surface area contributed by atoms with Gasteiger partial charge in [-0.3, -0.25) is 4.79 Å². The number of hydrogen-bond donors (Lipinski definition) is 2. The van der Waals surface area contributed by atoms with Crippen molar-refractivity contribution >= 4 is 5.97 Å². The number of carbonyl (C=O) groups is 1. The van der Waals surface area contributed by atoms with E-state index in [0.717, 1.165) is 19.4 Å². The highest BCUT2D eigenvalue weighted by Crippen LogP contribution is 2.67. The summed E-state index contributed by atoms with van der Waals surface area (Å²) in [7, 11) is 0. The maximum Gasteiger partial charge on any atom is 0.312 e. The summed E-state index contributed by atoms with van der Waals surface area (Å²) in [5, 5.41) is 18.1. The smallest absolute Gasteiger partial charge is 0.312 e. The van der Waals surface area contributed by atoms with E-state index in [4.69, 9.17) is 14.9 Å². The average Bonchev–Trinajstić information content (AvgIpc) is 2.76. The molecule has 4 heteroatoms. The summed E-state index contributed by atoms with van der Waals surface area (Å²) in [5.41, 5.74) is -1.15. The van der Waals surface area contributed by atoms with Crippen LogP contribution in [0.4, 0.5) is 0 Å². The Balaban J connectivity index is 2.15. The number of hydrogen-bond acceptors (Lipinski definition) is 3. The Morgan fingerprint density at radius 3 is 2.69 bits per heavy atom. The summed E-state index contributed by atoms with van der Waals surface area (Å²) >= 11 is 0. The largest absolute Gasteiger partial charge is 0.481 e. The molecule has 0 amide bonds. The van der Waals surface area contributed by atoms with E-state index < -0.39 is 11.4 Å². The number of aliphatic hydroxyl groups excluding tert-OH is 1. The van der Waals surface area contributed by atoms with Crippen LogP contribution >= 0.6 is 0 Å². The lowest BCUT2D eigenvalue weighted by atomic mass is 9.88. The van der Waals surface area contributed by atoms with Crippen LogP contribution in [0.1, 0.15) is 19.3 Å². The molecule has 2 atom stereocenters. The second kappa shape index (κ2) is 2.69. The Kier molecular flexibility index (Phi) is 1.85. The Bertz CT molecular complexity index is 232. The maximum absolute atomic E-state index is 11.0. The first-order chi connectivity index (χ1) is 6.17. The highest BCUT2D eigenvalue weighted by atomic mass is 16.5. The van der Waals surface area contributed by atoms with E-state index in [1.54, 1.807) is 0 Å². The van der Waals surface area contributed by atoms with Gasteiger partial charge in [-0.1, -0.05) is 0 Å². The molecule has 1 heterocycles. The second-order valence-corrected chi connectivity index (χ2v) is 4.16. The van der Waals surface area contributed by atoms with Crippen LogP contribution in [0.3, 0.4) is 0 Å². The van der Waals surface area contributed by atoms with Crippen molar-refractivity contribution in [2.24, 2.45) is 10.8 Å². The van der Waals surface area contributed by atoms with Crippen LogP contribution in [0.2, 0.25) is 0 Å². The Hall–Kier alpha value is -0.610. The van der Waals surface area contributed by atoms with E-state index >= 15 is 0 Å². The van der Waals surface area contributed by atoms with E-state index in [2.05, 4.69) is 0 Å². The van der Waals surface area contributed by atoms with Crippen molar-refractivity contribution in [3.63, 3.8) is 0 Å². The van der Waals surface area contributed by atoms with Crippen LogP contribution < -0.4 is 0 Å². The molecule has 0 aromatic carbocycles. The molecule has 0 radical (unpaired) electrons. The molecular weight excluding hydrogens is 172 g/mol. The lowest BCUT2D eigenvalue weighted by Gasteiger charge is -2.25. The number of aliphatic carboxylic acids is 1. The van der Waals surface area contributed by atoms with Gasteiger partial charge in [0.2, 0.25) is 0 Å². The van der Waals surface area contributed by atoms with E-state index in [9.17, 15) is 4.79 Å². The van der Waals surface area contributed by atoms with Crippen molar-refractivity contribution in [2.45, 2.75) is 19.3 Å². The molecule has 1 aliphatic heterocycles. The van der Waals surface area contributed by atoms with Gasteiger partial charge < -0.3 is 14.9 Å². The van der Waals surface area contributed by atoms with E-state index in [-0.39, 0.29) is 12.0 Å². The van der Waals surface area contributed by atoms with E-state index in [0.29, 0.717) is 13.0 Å². The molecule has 2 N–H and O–H groups in total. The van der Waals surface area contributed by atoms with Gasteiger partial charge in [-0.2, -0.15) is 0 Å². The van der Waals surface area contributed by atoms with Gasteiger partial charge in [-0.25, -0.2) is 0 Å². The summed E-state index contributed by atoms with van der Waals surface area (Å²) in [5.74, 6) is -0.875. The first kappa shape index (κ1) is 8.97. The monoisotopic (exact) mass is 186 g/mol. The standard InChI is InChI=1S/C9H14O4/c10-5-9(7(11)12)4-8(9)2-1-3-13-6-8/h10H,1-6H2,(H,11,12).